The molecule has 0 atom stereocenters. The van der Waals surface area contributed by atoms with E-state index in [1.807, 2.05) is 20.8 Å². The summed E-state index contributed by atoms with van der Waals surface area (Å²) >= 11 is 0. The van der Waals surface area contributed by atoms with E-state index in [0.717, 1.165) is 12.5 Å². The Morgan fingerprint density at radius 3 is 2.43 bits per heavy atom. The number of hydrogen-bond donors (Lipinski definition) is 0. The number of ketones is 1. The Labute approximate surface area is 85.1 Å². The van der Waals surface area contributed by atoms with Gasteiger partial charge in [-0.1, -0.05) is 27.4 Å². The SMILES string of the molecule is C=CC(=O)OCCC(=O)C(C)(C)CC. The summed E-state index contributed by atoms with van der Waals surface area (Å²) in [7, 11) is 0. The number of carbonyl (C=O) groups excluding carboxylic acids is 2. The van der Waals surface area contributed by atoms with Crippen molar-refractivity contribution in [2.45, 2.75) is 33.6 Å². The van der Waals surface area contributed by atoms with E-state index in [1.165, 1.54) is 0 Å². The maximum absolute atomic E-state index is 11.5. The summed E-state index contributed by atoms with van der Waals surface area (Å²) in [4.78, 5) is 22.2. The molecule has 0 aromatic carbocycles. The van der Waals surface area contributed by atoms with E-state index in [-0.39, 0.29) is 24.2 Å². The second-order valence-corrected chi connectivity index (χ2v) is 3.78. The largest absolute Gasteiger partial charge is 0.462 e. The second kappa shape index (κ2) is 5.58. The second-order valence-electron chi connectivity index (χ2n) is 3.78. The first-order valence-corrected chi connectivity index (χ1v) is 4.76. The molecule has 3 heteroatoms. The summed E-state index contributed by atoms with van der Waals surface area (Å²) in [6.45, 7) is 9.16. The van der Waals surface area contributed by atoms with Crippen molar-refractivity contribution in [1.82, 2.24) is 0 Å². The fourth-order valence-corrected chi connectivity index (χ4v) is 0.839. The Kier molecular flexibility index (Phi) is 5.13. The minimum Gasteiger partial charge on any atom is -0.462 e. The maximum Gasteiger partial charge on any atom is 0.330 e. The summed E-state index contributed by atoms with van der Waals surface area (Å²) in [5.41, 5.74) is -0.319. The molecule has 0 aromatic rings. The number of hydrogen-bond acceptors (Lipinski definition) is 3. The molecule has 0 aromatic heterocycles. The van der Waals surface area contributed by atoms with Crippen LogP contribution in [0.15, 0.2) is 12.7 Å². The molecule has 0 saturated heterocycles. The van der Waals surface area contributed by atoms with Gasteiger partial charge in [0.15, 0.2) is 0 Å². The lowest BCUT2D eigenvalue weighted by Gasteiger charge is -2.20. The van der Waals surface area contributed by atoms with Gasteiger partial charge >= 0.3 is 5.97 Å². The number of rotatable bonds is 6. The van der Waals surface area contributed by atoms with E-state index in [1.54, 1.807) is 0 Å². The molecule has 0 amide bonds. The zero-order valence-corrected chi connectivity index (χ0v) is 9.13. The summed E-state index contributed by atoms with van der Waals surface area (Å²) in [6.07, 6.45) is 2.16. The number of esters is 1. The fourth-order valence-electron chi connectivity index (χ4n) is 0.839. The molecule has 0 bridgehead atoms. The molecular formula is C11H18O3. The van der Waals surface area contributed by atoms with Crippen LogP contribution in [0.3, 0.4) is 0 Å². The van der Waals surface area contributed by atoms with Gasteiger partial charge in [-0.3, -0.25) is 4.79 Å². The van der Waals surface area contributed by atoms with Crippen LogP contribution in [0.4, 0.5) is 0 Å². The topological polar surface area (TPSA) is 43.4 Å². The average Bonchev–Trinajstić information content (AvgIpc) is 2.17. The van der Waals surface area contributed by atoms with Gasteiger partial charge in [0.05, 0.1) is 6.61 Å². The van der Waals surface area contributed by atoms with Gasteiger partial charge in [0.1, 0.15) is 5.78 Å². The van der Waals surface area contributed by atoms with E-state index < -0.39 is 5.97 Å². The van der Waals surface area contributed by atoms with Gasteiger partial charge in [0.2, 0.25) is 0 Å². The molecule has 0 fully saturated rings. The zero-order chi connectivity index (χ0) is 11.2. The Morgan fingerprint density at radius 2 is 2.00 bits per heavy atom. The highest BCUT2D eigenvalue weighted by atomic mass is 16.5. The van der Waals surface area contributed by atoms with Crippen molar-refractivity contribution in [2.75, 3.05) is 6.61 Å². The lowest BCUT2D eigenvalue weighted by Crippen LogP contribution is -2.24. The minimum absolute atomic E-state index is 0.122. The van der Waals surface area contributed by atoms with Crippen LogP contribution in [0, 0.1) is 5.41 Å². The summed E-state index contributed by atoms with van der Waals surface area (Å²) in [6, 6.07) is 0. The average molecular weight is 198 g/mol. The Morgan fingerprint density at radius 1 is 1.43 bits per heavy atom. The van der Waals surface area contributed by atoms with E-state index in [2.05, 4.69) is 6.58 Å². The van der Waals surface area contributed by atoms with Crippen molar-refractivity contribution in [3.63, 3.8) is 0 Å². The molecule has 0 N–H and O–H groups in total. The van der Waals surface area contributed by atoms with Crippen molar-refractivity contribution >= 4 is 11.8 Å². The Bertz CT molecular complexity index is 229. The van der Waals surface area contributed by atoms with Crippen LogP contribution in [0.2, 0.25) is 0 Å². The minimum atomic E-state index is -0.480. The van der Waals surface area contributed by atoms with Crippen LogP contribution in [-0.4, -0.2) is 18.4 Å². The molecule has 0 rings (SSSR count). The van der Waals surface area contributed by atoms with E-state index in [0.29, 0.717) is 0 Å². The normalized spacial score (nSPS) is 10.8. The first-order chi connectivity index (χ1) is 6.44. The van der Waals surface area contributed by atoms with Gasteiger partial charge in [0, 0.05) is 17.9 Å². The summed E-state index contributed by atoms with van der Waals surface area (Å²) in [5, 5.41) is 0. The molecular weight excluding hydrogens is 180 g/mol. The predicted molar refractivity (Wildman–Crippen MR) is 54.9 cm³/mol. The predicted octanol–water partition coefficient (Wildman–Crippen LogP) is 2.11. The number of carbonyl (C=O) groups is 2. The molecule has 0 unspecified atom stereocenters. The van der Waals surface area contributed by atoms with E-state index in [4.69, 9.17) is 4.74 Å². The molecule has 0 aliphatic rings. The lowest BCUT2D eigenvalue weighted by atomic mass is 9.84. The smallest absolute Gasteiger partial charge is 0.330 e. The van der Waals surface area contributed by atoms with Crippen LogP contribution in [0.5, 0.6) is 0 Å². The molecule has 0 aliphatic carbocycles. The third-order valence-corrected chi connectivity index (χ3v) is 2.38. The Hall–Kier alpha value is -1.12. The van der Waals surface area contributed by atoms with Crippen LogP contribution >= 0.6 is 0 Å². The first kappa shape index (κ1) is 12.9. The van der Waals surface area contributed by atoms with Crippen molar-refractivity contribution in [3.8, 4) is 0 Å². The van der Waals surface area contributed by atoms with Crippen molar-refractivity contribution in [2.24, 2.45) is 5.41 Å². The van der Waals surface area contributed by atoms with Gasteiger partial charge in [-0.25, -0.2) is 4.79 Å². The summed E-state index contributed by atoms with van der Waals surface area (Å²) < 4.78 is 4.72. The lowest BCUT2D eigenvalue weighted by molar-refractivity contribution is -0.139. The van der Waals surface area contributed by atoms with Gasteiger partial charge in [-0.05, 0) is 6.42 Å². The third kappa shape index (κ3) is 4.21. The summed E-state index contributed by atoms with van der Waals surface area (Å²) in [5.74, 6) is -0.357. The zero-order valence-electron chi connectivity index (χ0n) is 9.13. The molecule has 0 aliphatic heterocycles. The van der Waals surface area contributed by atoms with Crippen molar-refractivity contribution < 1.29 is 14.3 Å². The standard InChI is InChI=1S/C11H18O3/c1-5-10(13)14-8-7-9(12)11(3,4)6-2/h5H,1,6-8H2,2-4H3. The van der Waals surface area contributed by atoms with E-state index in [9.17, 15) is 9.59 Å². The Balaban J connectivity index is 3.86. The monoisotopic (exact) mass is 198 g/mol. The highest BCUT2D eigenvalue weighted by Gasteiger charge is 2.24. The molecule has 0 saturated carbocycles. The molecule has 3 nitrogen and oxygen atoms in total. The molecule has 0 spiro atoms. The quantitative estimate of drug-likeness (QED) is 0.485. The van der Waals surface area contributed by atoms with Crippen LogP contribution in [0.25, 0.3) is 0 Å². The molecule has 0 heterocycles. The van der Waals surface area contributed by atoms with Crippen LogP contribution in [0.1, 0.15) is 33.6 Å². The molecule has 0 radical (unpaired) electrons. The van der Waals surface area contributed by atoms with Crippen LogP contribution < -0.4 is 0 Å². The van der Waals surface area contributed by atoms with Crippen molar-refractivity contribution in [1.29, 1.82) is 0 Å². The van der Waals surface area contributed by atoms with Gasteiger partial charge < -0.3 is 4.74 Å². The number of Topliss-reactive ketones (excluding diaryl/α,β-unsaturated/α-hetero) is 1. The third-order valence-electron chi connectivity index (χ3n) is 2.38. The fraction of sp³-hybridized carbons (Fsp3) is 0.636. The molecule has 80 valence electrons. The van der Waals surface area contributed by atoms with Crippen LogP contribution in [-0.2, 0) is 14.3 Å². The van der Waals surface area contributed by atoms with Crippen molar-refractivity contribution in [3.05, 3.63) is 12.7 Å². The first-order valence-electron chi connectivity index (χ1n) is 4.76. The highest BCUT2D eigenvalue weighted by molar-refractivity contribution is 5.85. The van der Waals surface area contributed by atoms with Gasteiger partial charge in [0.25, 0.3) is 0 Å². The molecule has 14 heavy (non-hydrogen) atoms. The highest BCUT2D eigenvalue weighted by Crippen LogP contribution is 2.22. The number of ether oxygens (including phenoxy) is 1. The maximum atomic E-state index is 11.5. The van der Waals surface area contributed by atoms with Gasteiger partial charge in [-0.2, -0.15) is 0 Å². The van der Waals surface area contributed by atoms with Gasteiger partial charge in [-0.15, -0.1) is 0 Å². The van der Waals surface area contributed by atoms with E-state index >= 15 is 0 Å².